The van der Waals surface area contributed by atoms with Crippen LogP contribution in [-0.2, 0) is 0 Å². The first-order chi connectivity index (χ1) is 6.54. The minimum absolute atomic E-state index is 0.160. The molecule has 0 aliphatic carbocycles. The average molecular weight is 200 g/mol. The summed E-state index contributed by atoms with van der Waals surface area (Å²) in [6.07, 6.45) is 2.57. The molecule has 1 atom stereocenters. The topological polar surface area (TPSA) is 35.5 Å². The molecular formula is C11H24N2O. The van der Waals surface area contributed by atoms with Crippen LogP contribution in [0.2, 0.25) is 0 Å². The van der Waals surface area contributed by atoms with Crippen LogP contribution in [0.4, 0.5) is 0 Å². The number of aliphatic hydroxyl groups is 1. The number of hydrogen-bond acceptors (Lipinski definition) is 3. The van der Waals surface area contributed by atoms with Crippen LogP contribution in [0.1, 0.15) is 33.6 Å². The molecule has 0 bridgehead atoms. The van der Waals surface area contributed by atoms with Gasteiger partial charge in [-0.3, -0.25) is 4.90 Å². The summed E-state index contributed by atoms with van der Waals surface area (Å²) in [5.74, 6) is 0. The molecular weight excluding hydrogens is 176 g/mol. The largest absolute Gasteiger partial charge is 0.395 e. The molecule has 1 fully saturated rings. The molecule has 1 saturated heterocycles. The van der Waals surface area contributed by atoms with E-state index in [9.17, 15) is 0 Å². The summed E-state index contributed by atoms with van der Waals surface area (Å²) in [4.78, 5) is 2.36. The Balaban J connectivity index is 2.41. The second kappa shape index (κ2) is 5.10. The van der Waals surface area contributed by atoms with Crippen LogP contribution < -0.4 is 5.32 Å². The van der Waals surface area contributed by atoms with Gasteiger partial charge in [0.15, 0.2) is 0 Å². The molecule has 0 radical (unpaired) electrons. The Morgan fingerprint density at radius 3 is 2.57 bits per heavy atom. The third-order valence-electron chi connectivity index (χ3n) is 2.92. The third-order valence-corrected chi connectivity index (χ3v) is 2.92. The Labute approximate surface area is 87.5 Å². The van der Waals surface area contributed by atoms with Gasteiger partial charge in [-0.05, 0) is 40.2 Å². The van der Waals surface area contributed by atoms with Gasteiger partial charge < -0.3 is 10.4 Å². The van der Waals surface area contributed by atoms with Gasteiger partial charge in [0.25, 0.3) is 0 Å². The van der Waals surface area contributed by atoms with Crippen LogP contribution in [-0.4, -0.2) is 47.8 Å². The van der Waals surface area contributed by atoms with E-state index < -0.39 is 0 Å². The van der Waals surface area contributed by atoms with Gasteiger partial charge >= 0.3 is 0 Å². The Morgan fingerprint density at radius 2 is 2.14 bits per heavy atom. The van der Waals surface area contributed by atoms with Crippen LogP contribution in [0, 0.1) is 0 Å². The molecule has 3 heteroatoms. The molecule has 1 aliphatic heterocycles. The smallest absolute Gasteiger partial charge is 0.0558 e. The van der Waals surface area contributed by atoms with Crippen molar-refractivity contribution in [3.05, 3.63) is 0 Å². The summed E-state index contributed by atoms with van der Waals surface area (Å²) in [6, 6.07) is 0.626. The van der Waals surface area contributed by atoms with Gasteiger partial charge in [-0.2, -0.15) is 0 Å². The van der Waals surface area contributed by atoms with E-state index in [1.807, 2.05) is 0 Å². The van der Waals surface area contributed by atoms with Gasteiger partial charge in [-0.1, -0.05) is 0 Å². The highest BCUT2D eigenvalue weighted by atomic mass is 16.3. The number of nitrogens with one attached hydrogen (secondary N) is 1. The summed E-state index contributed by atoms with van der Waals surface area (Å²) in [7, 11) is 0. The molecule has 0 aromatic heterocycles. The van der Waals surface area contributed by atoms with Crippen molar-refractivity contribution in [1.29, 1.82) is 0 Å². The summed E-state index contributed by atoms with van der Waals surface area (Å²) < 4.78 is 0. The summed E-state index contributed by atoms with van der Waals surface area (Å²) in [5, 5.41) is 12.5. The molecule has 0 aromatic carbocycles. The highest BCUT2D eigenvalue weighted by molar-refractivity contribution is 4.83. The monoisotopic (exact) mass is 200 g/mol. The predicted octanol–water partition coefficient (Wildman–Crippen LogP) is 0.831. The van der Waals surface area contributed by atoms with E-state index in [0.717, 1.165) is 19.6 Å². The van der Waals surface area contributed by atoms with Crippen LogP contribution in [0.5, 0.6) is 0 Å². The number of nitrogens with zero attached hydrogens (tertiary/aromatic N) is 1. The SMILES string of the molecule is CC(C)(C)N(CCO)C[C@@H]1CCCN1. The van der Waals surface area contributed by atoms with Crippen LogP contribution in [0.3, 0.4) is 0 Å². The molecule has 1 heterocycles. The van der Waals surface area contributed by atoms with E-state index in [1.54, 1.807) is 0 Å². The van der Waals surface area contributed by atoms with Crippen molar-refractivity contribution in [2.24, 2.45) is 0 Å². The normalized spacial score (nSPS) is 23.4. The van der Waals surface area contributed by atoms with E-state index >= 15 is 0 Å². The number of β-amino-alcohol motifs (C(OH)–C–C–N with tert-alkyl or cyclic N) is 1. The first kappa shape index (κ1) is 12.0. The van der Waals surface area contributed by atoms with Gasteiger partial charge in [-0.15, -0.1) is 0 Å². The molecule has 0 unspecified atom stereocenters. The molecule has 0 saturated carbocycles. The fraction of sp³-hybridized carbons (Fsp3) is 1.00. The van der Waals surface area contributed by atoms with E-state index in [0.29, 0.717) is 6.04 Å². The number of hydrogen-bond donors (Lipinski definition) is 2. The van der Waals surface area contributed by atoms with Crippen molar-refractivity contribution in [2.45, 2.75) is 45.2 Å². The summed E-state index contributed by atoms with van der Waals surface area (Å²) >= 11 is 0. The lowest BCUT2D eigenvalue weighted by atomic mass is 10.0. The Morgan fingerprint density at radius 1 is 1.43 bits per heavy atom. The van der Waals surface area contributed by atoms with Gasteiger partial charge in [0.05, 0.1) is 6.61 Å². The standard InChI is InChI=1S/C11H24N2O/c1-11(2,3)13(7-8-14)9-10-5-4-6-12-10/h10,12,14H,4-9H2,1-3H3/t10-/m0/s1. The molecule has 3 nitrogen and oxygen atoms in total. The summed E-state index contributed by atoms with van der Waals surface area (Å²) in [5.41, 5.74) is 0.160. The van der Waals surface area contributed by atoms with Crippen molar-refractivity contribution in [1.82, 2.24) is 10.2 Å². The predicted molar refractivity (Wildman–Crippen MR) is 59.4 cm³/mol. The maximum Gasteiger partial charge on any atom is 0.0558 e. The van der Waals surface area contributed by atoms with Gasteiger partial charge in [0.2, 0.25) is 0 Å². The highest BCUT2D eigenvalue weighted by Crippen LogP contribution is 2.15. The molecule has 1 aliphatic rings. The summed E-state index contributed by atoms with van der Waals surface area (Å²) in [6.45, 7) is 9.87. The molecule has 2 N–H and O–H groups in total. The number of rotatable bonds is 4. The first-order valence-electron chi connectivity index (χ1n) is 5.63. The lowest BCUT2D eigenvalue weighted by Crippen LogP contribution is -2.48. The zero-order valence-electron chi connectivity index (χ0n) is 9.71. The highest BCUT2D eigenvalue weighted by Gasteiger charge is 2.25. The zero-order chi connectivity index (χ0) is 10.6. The van der Waals surface area contributed by atoms with Crippen molar-refractivity contribution >= 4 is 0 Å². The Bertz CT molecular complexity index is 159. The van der Waals surface area contributed by atoms with E-state index in [4.69, 9.17) is 5.11 Å². The lowest BCUT2D eigenvalue weighted by Gasteiger charge is -2.37. The minimum atomic E-state index is 0.160. The van der Waals surface area contributed by atoms with Crippen molar-refractivity contribution in [3.63, 3.8) is 0 Å². The second-order valence-corrected chi connectivity index (χ2v) is 5.13. The molecule has 14 heavy (non-hydrogen) atoms. The van der Waals surface area contributed by atoms with Crippen LogP contribution >= 0.6 is 0 Å². The van der Waals surface area contributed by atoms with E-state index in [1.165, 1.54) is 12.8 Å². The minimum Gasteiger partial charge on any atom is -0.395 e. The lowest BCUT2D eigenvalue weighted by molar-refractivity contribution is 0.0967. The maximum absolute atomic E-state index is 9.01. The Hall–Kier alpha value is -0.120. The molecule has 1 rings (SSSR count). The third kappa shape index (κ3) is 3.56. The Kier molecular flexibility index (Phi) is 4.35. The maximum atomic E-state index is 9.01. The number of aliphatic hydroxyl groups excluding tert-OH is 1. The van der Waals surface area contributed by atoms with E-state index in [2.05, 4.69) is 31.0 Å². The van der Waals surface area contributed by atoms with Gasteiger partial charge in [0.1, 0.15) is 0 Å². The van der Waals surface area contributed by atoms with Crippen molar-refractivity contribution in [3.8, 4) is 0 Å². The quantitative estimate of drug-likeness (QED) is 0.705. The molecule has 84 valence electrons. The molecule has 0 spiro atoms. The molecule has 0 amide bonds. The van der Waals surface area contributed by atoms with Crippen LogP contribution in [0.25, 0.3) is 0 Å². The van der Waals surface area contributed by atoms with E-state index in [-0.39, 0.29) is 12.1 Å². The fourth-order valence-electron chi connectivity index (χ4n) is 2.00. The van der Waals surface area contributed by atoms with Gasteiger partial charge in [-0.25, -0.2) is 0 Å². The first-order valence-corrected chi connectivity index (χ1v) is 5.63. The van der Waals surface area contributed by atoms with Crippen LogP contribution in [0.15, 0.2) is 0 Å². The van der Waals surface area contributed by atoms with Gasteiger partial charge in [0, 0.05) is 24.7 Å². The fourth-order valence-corrected chi connectivity index (χ4v) is 2.00. The van der Waals surface area contributed by atoms with Crippen molar-refractivity contribution in [2.75, 3.05) is 26.2 Å². The second-order valence-electron chi connectivity index (χ2n) is 5.13. The zero-order valence-corrected chi connectivity index (χ0v) is 9.71. The average Bonchev–Trinajstić information content (AvgIpc) is 2.54. The van der Waals surface area contributed by atoms with Crippen molar-refractivity contribution < 1.29 is 5.11 Å². The molecule has 0 aromatic rings.